The molecule has 0 aliphatic carbocycles. The Morgan fingerprint density at radius 3 is 2.46 bits per heavy atom. The zero-order valence-corrected chi connectivity index (χ0v) is 18.2. The number of benzene rings is 1. The van der Waals surface area contributed by atoms with Crippen molar-refractivity contribution in [1.82, 2.24) is 9.88 Å². The predicted octanol–water partition coefficient (Wildman–Crippen LogP) is 5.52. The predicted molar refractivity (Wildman–Crippen MR) is 117 cm³/mol. The van der Waals surface area contributed by atoms with E-state index in [0.29, 0.717) is 17.5 Å². The van der Waals surface area contributed by atoms with Gasteiger partial charge in [0.1, 0.15) is 0 Å². The lowest BCUT2D eigenvalue weighted by Gasteiger charge is -2.36. The summed E-state index contributed by atoms with van der Waals surface area (Å²) in [4.78, 5) is 18.0. The fraction of sp³-hybridized carbons (Fsp3) is 0.391. The highest BCUT2D eigenvalue weighted by atomic mass is 79.9. The summed E-state index contributed by atoms with van der Waals surface area (Å²) in [6, 6.07) is 9.74. The molecule has 3 rings (SSSR count). The lowest BCUT2D eigenvalue weighted by Crippen LogP contribution is -2.40. The van der Waals surface area contributed by atoms with Crippen molar-refractivity contribution in [2.45, 2.75) is 45.6 Å². The molecule has 0 saturated carbocycles. The Morgan fingerprint density at radius 2 is 1.89 bits per heavy atom. The number of carbonyl (C=O) groups is 1. The SMILES string of the molecule is C/C(=C\c1c(Br)ccnc1C)C(C)N1CCC(c2ccc(C(=O)O)cc2)CC1. The highest BCUT2D eigenvalue weighted by molar-refractivity contribution is 9.10. The Morgan fingerprint density at radius 1 is 1.25 bits per heavy atom. The standard InChI is InChI=1S/C23H27BrN2O2/c1-15(14-21-16(2)25-11-8-22(21)24)17(3)26-12-9-19(10-13-26)18-4-6-20(7-5-18)23(27)28/h4-8,11,14,17,19H,9-10,12-13H2,1-3H3,(H,27,28)/b15-14+. The van der Waals surface area contributed by atoms with Crippen LogP contribution < -0.4 is 0 Å². The number of aromatic nitrogens is 1. The summed E-state index contributed by atoms with van der Waals surface area (Å²) >= 11 is 3.63. The van der Waals surface area contributed by atoms with Gasteiger partial charge >= 0.3 is 5.97 Å². The van der Waals surface area contributed by atoms with Gasteiger partial charge in [-0.25, -0.2) is 4.79 Å². The maximum absolute atomic E-state index is 11.0. The van der Waals surface area contributed by atoms with Crippen LogP contribution in [0.3, 0.4) is 0 Å². The van der Waals surface area contributed by atoms with Crippen molar-refractivity contribution in [3.8, 4) is 0 Å². The average Bonchev–Trinajstić information content (AvgIpc) is 2.70. The third-order valence-corrected chi connectivity index (χ3v) is 6.56. The highest BCUT2D eigenvalue weighted by Gasteiger charge is 2.24. The molecule has 148 valence electrons. The average molecular weight is 443 g/mol. The van der Waals surface area contributed by atoms with Crippen molar-refractivity contribution in [2.75, 3.05) is 13.1 Å². The van der Waals surface area contributed by atoms with Gasteiger partial charge in [-0.2, -0.15) is 0 Å². The summed E-state index contributed by atoms with van der Waals surface area (Å²) < 4.78 is 1.08. The van der Waals surface area contributed by atoms with Gasteiger partial charge in [0.2, 0.25) is 0 Å². The molecular formula is C23H27BrN2O2. The second-order valence-electron chi connectivity index (χ2n) is 7.59. The van der Waals surface area contributed by atoms with E-state index in [0.717, 1.165) is 41.7 Å². The normalized spacial score (nSPS) is 17.5. The number of aromatic carboxylic acids is 1. The summed E-state index contributed by atoms with van der Waals surface area (Å²) in [7, 11) is 0. The Bertz CT molecular complexity index is 848. The van der Waals surface area contributed by atoms with Gasteiger partial charge < -0.3 is 5.11 Å². The lowest BCUT2D eigenvalue weighted by molar-refractivity contribution is 0.0697. The van der Waals surface area contributed by atoms with E-state index in [1.54, 1.807) is 12.1 Å². The van der Waals surface area contributed by atoms with Gasteiger partial charge in [-0.15, -0.1) is 0 Å². The molecule has 1 aromatic heterocycles. The number of piperidine rings is 1. The topological polar surface area (TPSA) is 53.4 Å². The number of hydrogen-bond donors (Lipinski definition) is 1. The number of pyridine rings is 1. The molecule has 0 radical (unpaired) electrons. The highest BCUT2D eigenvalue weighted by Crippen LogP contribution is 2.31. The van der Waals surface area contributed by atoms with Gasteiger partial charge in [0.15, 0.2) is 0 Å². The number of halogens is 1. The fourth-order valence-electron chi connectivity index (χ4n) is 3.87. The number of carboxylic acid groups (broad SMARTS) is 1. The molecule has 1 aliphatic rings. The van der Waals surface area contributed by atoms with Crippen molar-refractivity contribution < 1.29 is 9.90 Å². The van der Waals surface area contributed by atoms with Crippen LogP contribution in [0.25, 0.3) is 6.08 Å². The molecular weight excluding hydrogens is 416 g/mol. The van der Waals surface area contributed by atoms with E-state index in [2.05, 4.69) is 45.7 Å². The number of likely N-dealkylation sites (tertiary alicyclic amines) is 1. The summed E-state index contributed by atoms with van der Waals surface area (Å²) in [5, 5.41) is 9.05. The van der Waals surface area contributed by atoms with Gasteiger partial charge in [0, 0.05) is 28.0 Å². The molecule has 0 spiro atoms. The van der Waals surface area contributed by atoms with Gasteiger partial charge in [-0.05, 0) is 76.4 Å². The van der Waals surface area contributed by atoms with E-state index in [9.17, 15) is 4.79 Å². The van der Waals surface area contributed by atoms with E-state index in [4.69, 9.17) is 5.11 Å². The van der Waals surface area contributed by atoms with Crippen molar-refractivity contribution in [3.63, 3.8) is 0 Å². The molecule has 1 aromatic carbocycles. The molecule has 1 unspecified atom stereocenters. The summed E-state index contributed by atoms with van der Waals surface area (Å²) in [6.07, 6.45) is 6.26. The molecule has 28 heavy (non-hydrogen) atoms. The molecule has 0 amide bonds. The largest absolute Gasteiger partial charge is 0.478 e. The first-order valence-electron chi connectivity index (χ1n) is 9.73. The van der Waals surface area contributed by atoms with Crippen LogP contribution in [0.4, 0.5) is 0 Å². The minimum absolute atomic E-state index is 0.354. The zero-order chi connectivity index (χ0) is 20.3. The molecule has 0 bridgehead atoms. The van der Waals surface area contributed by atoms with Gasteiger partial charge in [0.25, 0.3) is 0 Å². The molecule has 1 atom stereocenters. The molecule has 4 nitrogen and oxygen atoms in total. The van der Waals surface area contributed by atoms with Crippen LogP contribution in [0.5, 0.6) is 0 Å². The van der Waals surface area contributed by atoms with Crippen LogP contribution in [-0.4, -0.2) is 40.1 Å². The Balaban J connectivity index is 1.64. The van der Waals surface area contributed by atoms with E-state index in [1.165, 1.54) is 11.1 Å². The van der Waals surface area contributed by atoms with E-state index in [1.807, 2.05) is 31.3 Å². The third kappa shape index (κ3) is 4.70. The molecule has 1 N–H and O–H groups in total. The molecule has 2 heterocycles. The van der Waals surface area contributed by atoms with Gasteiger partial charge in [-0.1, -0.05) is 39.7 Å². The minimum atomic E-state index is -0.868. The van der Waals surface area contributed by atoms with E-state index in [-0.39, 0.29) is 0 Å². The summed E-state index contributed by atoms with van der Waals surface area (Å²) in [5.41, 5.74) is 5.12. The number of hydrogen-bond acceptors (Lipinski definition) is 3. The van der Waals surface area contributed by atoms with Gasteiger partial charge in [0.05, 0.1) is 5.56 Å². The zero-order valence-electron chi connectivity index (χ0n) is 16.7. The molecule has 1 aliphatic heterocycles. The van der Waals surface area contributed by atoms with E-state index >= 15 is 0 Å². The van der Waals surface area contributed by atoms with E-state index < -0.39 is 5.97 Å². The molecule has 2 aromatic rings. The first-order valence-corrected chi connectivity index (χ1v) is 10.5. The minimum Gasteiger partial charge on any atom is -0.478 e. The van der Waals surface area contributed by atoms with Crippen molar-refractivity contribution in [3.05, 3.63) is 69.0 Å². The van der Waals surface area contributed by atoms with Crippen LogP contribution in [0.15, 0.2) is 46.6 Å². The van der Waals surface area contributed by atoms with Crippen LogP contribution in [-0.2, 0) is 0 Å². The Kier molecular flexibility index (Phi) is 6.68. The maximum atomic E-state index is 11.0. The van der Waals surface area contributed by atoms with Gasteiger partial charge in [-0.3, -0.25) is 9.88 Å². The Labute approximate surface area is 175 Å². The fourth-order valence-corrected chi connectivity index (χ4v) is 4.39. The van der Waals surface area contributed by atoms with Crippen molar-refractivity contribution in [2.24, 2.45) is 0 Å². The first kappa shape index (κ1) is 20.7. The van der Waals surface area contributed by atoms with Crippen molar-refractivity contribution >= 4 is 28.0 Å². The first-order chi connectivity index (χ1) is 13.4. The molecule has 5 heteroatoms. The number of rotatable bonds is 5. The summed E-state index contributed by atoms with van der Waals surface area (Å²) in [6.45, 7) is 8.60. The van der Waals surface area contributed by atoms with Crippen LogP contribution in [0, 0.1) is 6.92 Å². The number of aryl methyl sites for hydroxylation is 1. The van der Waals surface area contributed by atoms with Crippen molar-refractivity contribution in [1.29, 1.82) is 0 Å². The number of carboxylic acids is 1. The second-order valence-corrected chi connectivity index (χ2v) is 8.45. The second kappa shape index (κ2) is 9.01. The maximum Gasteiger partial charge on any atom is 0.335 e. The molecule has 1 fully saturated rings. The third-order valence-electron chi connectivity index (χ3n) is 5.87. The Hall–Kier alpha value is -1.98. The number of nitrogens with zero attached hydrogens (tertiary/aromatic N) is 2. The van der Waals surface area contributed by atoms with Crippen LogP contribution in [0.2, 0.25) is 0 Å². The lowest BCUT2D eigenvalue weighted by atomic mass is 9.88. The van der Waals surface area contributed by atoms with Crippen LogP contribution in [0.1, 0.15) is 59.8 Å². The summed E-state index contributed by atoms with van der Waals surface area (Å²) in [5.74, 6) is -0.363. The quantitative estimate of drug-likeness (QED) is 0.661. The molecule has 1 saturated heterocycles. The van der Waals surface area contributed by atoms with Crippen LogP contribution >= 0.6 is 15.9 Å². The monoisotopic (exact) mass is 442 g/mol. The smallest absolute Gasteiger partial charge is 0.335 e.